The zero-order chi connectivity index (χ0) is 20.1. The Morgan fingerprint density at radius 1 is 1.32 bits per heavy atom. The van der Waals surface area contributed by atoms with Gasteiger partial charge in [-0.15, -0.1) is 0 Å². The molecule has 0 unspecified atom stereocenters. The van der Waals surface area contributed by atoms with Crippen molar-refractivity contribution in [2.45, 2.75) is 31.9 Å². The van der Waals surface area contributed by atoms with Gasteiger partial charge in [0.05, 0.1) is 6.04 Å². The molecule has 6 nitrogen and oxygen atoms in total. The lowest BCUT2D eigenvalue weighted by Crippen LogP contribution is -2.47. The van der Waals surface area contributed by atoms with Crippen molar-refractivity contribution in [1.29, 1.82) is 0 Å². The molecule has 0 spiro atoms. The number of amides is 2. The molecule has 1 saturated heterocycles. The van der Waals surface area contributed by atoms with Crippen LogP contribution in [0, 0.1) is 12.7 Å². The molecule has 1 fully saturated rings. The Hall–Kier alpha value is -3.22. The van der Waals surface area contributed by atoms with Crippen molar-refractivity contribution in [3.8, 4) is 5.75 Å². The second kappa shape index (κ2) is 8.65. The first-order valence-corrected chi connectivity index (χ1v) is 8.89. The van der Waals surface area contributed by atoms with Gasteiger partial charge in [0.15, 0.2) is 6.10 Å². The molecule has 0 radical (unpaired) electrons. The van der Waals surface area contributed by atoms with Crippen molar-refractivity contribution in [3.63, 3.8) is 0 Å². The summed E-state index contributed by atoms with van der Waals surface area (Å²) < 4.78 is 24.1. The lowest BCUT2D eigenvalue weighted by molar-refractivity contribution is -0.138. The van der Waals surface area contributed by atoms with Crippen LogP contribution in [0.1, 0.15) is 17.5 Å². The highest BCUT2D eigenvalue weighted by Crippen LogP contribution is 2.22. The van der Waals surface area contributed by atoms with Crippen molar-refractivity contribution in [1.82, 2.24) is 4.90 Å². The van der Waals surface area contributed by atoms with Gasteiger partial charge in [0.2, 0.25) is 0 Å². The normalized spacial score (nSPS) is 17.1. The SMILES string of the molecule is Cc1cc(O[C@H](CC=O)C(=O)N2C(=O)OC[C@@H]2Cc2ccccc2)ccc1F. The number of carbonyl (C=O) groups excluding carboxylic acids is 3. The fourth-order valence-corrected chi connectivity index (χ4v) is 3.06. The Labute approximate surface area is 161 Å². The molecule has 7 heteroatoms. The van der Waals surface area contributed by atoms with Crippen LogP contribution < -0.4 is 4.74 Å². The monoisotopic (exact) mass is 385 g/mol. The zero-order valence-electron chi connectivity index (χ0n) is 15.3. The molecule has 2 atom stereocenters. The van der Waals surface area contributed by atoms with Crippen molar-refractivity contribution in [3.05, 3.63) is 65.5 Å². The number of hydrogen-bond acceptors (Lipinski definition) is 5. The van der Waals surface area contributed by atoms with Crippen LogP contribution in [-0.2, 0) is 20.7 Å². The number of hydrogen-bond donors (Lipinski definition) is 0. The molecule has 2 amide bonds. The number of ether oxygens (including phenoxy) is 2. The van der Waals surface area contributed by atoms with E-state index >= 15 is 0 Å². The van der Waals surface area contributed by atoms with Crippen molar-refractivity contribution in [2.24, 2.45) is 0 Å². The first-order valence-electron chi connectivity index (χ1n) is 8.89. The summed E-state index contributed by atoms with van der Waals surface area (Å²) in [5.41, 5.74) is 1.29. The number of aldehydes is 1. The molecular formula is C21H20FNO5. The molecule has 146 valence electrons. The quantitative estimate of drug-likeness (QED) is 0.685. The van der Waals surface area contributed by atoms with Crippen LogP contribution in [0.25, 0.3) is 0 Å². The lowest BCUT2D eigenvalue weighted by atomic mass is 10.1. The molecule has 3 rings (SSSR count). The van der Waals surface area contributed by atoms with Crippen molar-refractivity contribution in [2.75, 3.05) is 6.61 Å². The molecule has 0 bridgehead atoms. The number of halogens is 1. The summed E-state index contributed by atoms with van der Waals surface area (Å²) >= 11 is 0. The van der Waals surface area contributed by atoms with Crippen LogP contribution in [0.4, 0.5) is 9.18 Å². The van der Waals surface area contributed by atoms with E-state index in [0.29, 0.717) is 18.3 Å². The Morgan fingerprint density at radius 2 is 2.07 bits per heavy atom. The number of aryl methyl sites for hydroxylation is 1. The van der Waals surface area contributed by atoms with Crippen molar-refractivity contribution >= 4 is 18.3 Å². The molecule has 28 heavy (non-hydrogen) atoms. The maximum atomic E-state index is 13.4. The standard InChI is InChI=1S/C21H20FNO5/c1-14-11-17(7-8-18(14)22)28-19(9-10-24)20(25)23-16(13-27-21(23)26)12-15-5-3-2-4-6-15/h2-8,10-11,16,19H,9,12-13H2,1H3/t16-,19+/m0/s1. The third kappa shape index (κ3) is 4.36. The van der Waals surface area contributed by atoms with Gasteiger partial charge in [-0.2, -0.15) is 0 Å². The van der Waals surface area contributed by atoms with Crippen LogP contribution in [0.5, 0.6) is 5.75 Å². The van der Waals surface area contributed by atoms with Crippen LogP contribution >= 0.6 is 0 Å². The maximum Gasteiger partial charge on any atom is 0.417 e. The van der Waals surface area contributed by atoms with Gasteiger partial charge in [-0.3, -0.25) is 4.79 Å². The summed E-state index contributed by atoms with van der Waals surface area (Å²) in [4.78, 5) is 37.2. The fourth-order valence-electron chi connectivity index (χ4n) is 3.06. The van der Waals surface area contributed by atoms with Gasteiger partial charge < -0.3 is 14.3 Å². The third-order valence-electron chi connectivity index (χ3n) is 4.51. The summed E-state index contributed by atoms with van der Waals surface area (Å²) in [5.74, 6) is -0.819. The second-order valence-corrected chi connectivity index (χ2v) is 6.55. The molecule has 2 aromatic rings. The first kappa shape index (κ1) is 19.5. The third-order valence-corrected chi connectivity index (χ3v) is 4.51. The number of cyclic esters (lactones) is 1. The second-order valence-electron chi connectivity index (χ2n) is 6.55. The van der Waals surface area contributed by atoms with E-state index in [-0.39, 0.29) is 18.8 Å². The van der Waals surface area contributed by atoms with E-state index in [1.807, 2.05) is 30.3 Å². The molecule has 1 aliphatic heterocycles. The van der Waals surface area contributed by atoms with Gasteiger partial charge in [-0.25, -0.2) is 14.1 Å². The number of nitrogens with zero attached hydrogens (tertiary/aromatic N) is 1. The predicted octanol–water partition coefficient (Wildman–Crippen LogP) is 3.06. The lowest BCUT2D eigenvalue weighted by Gasteiger charge is -2.24. The smallest absolute Gasteiger partial charge is 0.417 e. The highest BCUT2D eigenvalue weighted by molar-refractivity contribution is 5.97. The van der Waals surface area contributed by atoms with Crippen LogP contribution in [0.3, 0.4) is 0 Å². The Morgan fingerprint density at radius 3 is 2.75 bits per heavy atom. The molecule has 2 aromatic carbocycles. The number of benzene rings is 2. The van der Waals surface area contributed by atoms with E-state index in [2.05, 4.69) is 0 Å². The van der Waals surface area contributed by atoms with Gasteiger partial charge in [0.25, 0.3) is 5.91 Å². The largest absolute Gasteiger partial charge is 0.480 e. The summed E-state index contributed by atoms with van der Waals surface area (Å²) in [7, 11) is 0. The number of rotatable bonds is 7. The Balaban J connectivity index is 1.78. The molecule has 0 aromatic heterocycles. The predicted molar refractivity (Wildman–Crippen MR) is 98.4 cm³/mol. The molecule has 0 saturated carbocycles. The summed E-state index contributed by atoms with van der Waals surface area (Å²) in [6.07, 6.45) is -1.22. The van der Waals surface area contributed by atoms with Crippen LogP contribution in [-0.4, -0.2) is 41.9 Å². The van der Waals surface area contributed by atoms with E-state index in [4.69, 9.17) is 9.47 Å². The van der Waals surface area contributed by atoms with Gasteiger partial charge >= 0.3 is 6.09 Å². The minimum absolute atomic E-state index is 0.0724. The highest BCUT2D eigenvalue weighted by atomic mass is 19.1. The van der Waals surface area contributed by atoms with Crippen molar-refractivity contribution < 1.29 is 28.2 Å². The topological polar surface area (TPSA) is 72.9 Å². The Bertz CT molecular complexity index is 870. The minimum atomic E-state index is -1.20. The number of carbonyl (C=O) groups is 3. The fraction of sp³-hybridized carbons (Fsp3) is 0.286. The molecular weight excluding hydrogens is 365 g/mol. The Kier molecular flexibility index (Phi) is 6.03. The van der Waals surface area contributed by atoms with E-state index in [1.54, 1.807) is 6.92 Å². The molecule has 1 heterocycles. The summed E-state index contributed by atoms with van der Waals surface area (Å²) in [6.45, 7) is 1.63. The highest BCUT2D eigenvalue weighted by Gasteiger charge is 2.41. The molecule has 0 aliphatic carbocycles. The van der Waals surface area contributed by atoms with Gasteiger partial charge in [-0.05, 0) is 42.7 Å². The van der Waals surface area contributed by atoms with Gasteiger partial charge in [-0.1, -0.05) is 30.3 Å². The van der Waals surface area contributed by atoms with E-state index < -0.39 is 30.0 Å². The van der Waals surface area contributed by atoms with Gasteiger partial charge in [0, 0.05) is 6.42 Å². The first-order chi connectivity index (χ1) is 13.5. The van der Waals surface area contributed by atoms with E-state index in [1.165, 1.54) is 18.2 Å². The zero-order valence-corrected chi connectivity index (χ0v) is 15.3. The van der Waals surface area contributed by atoms with Crippen LogP contribution in [0.15, 0.2) is 48.5 Å². The van der Waals surface area contributed by atoms with Gasteiger partial charge in [0.1, 0.15) is 24.5 Å². The van der Waals surface area contributed by atoms with E-state index in [0.717, 1.165) is 10.5 Å². The molecule has 0 N–H and O–H groups in total. The van der Waals surface area contributed by atoms with E-state index in [9.17, 15) is 18.8 Å². The number of imide groups is 1. The average molecular weight is 385 g/mol. The molecule has 1 aliphatic rings. The van der Waals surface area contributed by atoms with Crippen LogP contribution in [0.2, 0.25) is 0 Å². The minimum Gasteiger partial charge on any atom is -0.480 e. The maximum absolute atomic E-state index is 13.4. The summed E-state index contributed by atoms with van der Waals surface area (Å²) in [6, 6.07) is 12.9. The average Bonchev–Trinajstić information content (AvgIpc) is 3.04. The summed E-state index contributed by atoms with van der Waals surface area (Å²) in [5, 5.41) is 0.